The lowest BCUT2D eigenvalue weighted by Gasteiger charge is -2.38. The van der Waals surface area contributed by atoms with E-state index >= 15 is 4.39 Å². The van der Waals surface area contributed by atoms with Crippen molar-refractivity contribution in [2.75, 3.05) is 27.1 Å². The van der Waals surface area contributed by atoms with Gasteiger partial charge in [0.15, 0.2) is 0 Å². The van der Waals surface area contributed by atoms with Crippen molar-refractivity contribution in [3.63, 3.8) is 0 Å². The van der Waals surface area contributed by atoms with Crippen molar-refractivity contribution in [3.8, 4) is 0 Å². The van der Waals surface area contributed by atoms with Crippen LogP contribution in [0.2, 0.25) is 0 Å². The highest BCUT2D eigenvalue weighted by Gasteiger charge is 2.39. The highest BCUT2D eigenvalue weighted by molar-refractivity contribution is 14.1. The van der Waals surface area contributed by atoms with Gasteiger partial charge in [0.2, 0.25) is 0 Å². The number of benzene rings is 1. The normalized spacial score (nSPS) is 15.5. The quantitative estimate of drug-likeness (QED) is 0.0712. The number of methoxy groups -OCH3 is 1. The second-order valence-electron chi connectivity index (χ2n) is 10.1. The van der Waals surface area contributed by atoms with Crippen molar-refractivity contribution >= 4 is 50.4 Å². The van der Waals surface area contributed by atoms with Crippen LogP contribution < -0.4 is 0 Å². The first-order chi connectivity index (χ1) is 16.1. The standard InChI is InChI=1S/C25H39BrFIN2O5/c1-9-25(7,18-14-17(26)10-11-19(18)27)29-21(24(5,6)15-20(28)31)30(16-34-13-12-33-8)22(32)35-23(2,3)4/h10-11,14,20,31H,9,12-13,15-16H2,1-8H3/t20-,25?/m1/s1. The molecule has 0 bridgehead atoms. The first-order valence-electron chi connectivity index (χ1n) is 11.5. The summed E-state index contributed by atoms with van der Waals surface area (Å²) in [5, 5.41) is 10.2. The number of aliphatic hydroxyl groups is 1. The Morgan fingerprint density at radius 1 is 1.23 bits per heavy atom. The van der Waals surface area contributed by atoms with Gasteiger partial charge in [0.05, 0.1) is 18.8 Å². The molecule has 1 unspecified atom stereocenters. The van der Waals surface area contributed by atoms with Crippen LogP contribution >= 0.6 is 38.5 Å². The van der Waals surface area contributed by atoms with E-state index in [1.807, 2.05) is 50.3 Å². The Bertz CT molecular complexity index is 876. The lowest BCUT2D eigenvalue weighted by Crippen LogP contribution is -2.49. The lowest BCUT2D eigenvalue weighted by molar-refractivity contribution is -0.00501. The monoisotopic (exact) mass is 672 g/mol. The number of ether oxygens (including phenoxy) is 3. The summed E-state index contributed by atoms with van der Waals surface area (Å²) in [4.78, 5) is 19.8. The fourth-order valence-electron chi connectivity index (χ4n) is 3.38. The number of halogens is 3. The molecule has 0 aliphatic heterocycles. The zero-order valence-corrected chi connectivity index (χ0v) is 25.7. The van der Waals surface area contributed by atoms with E-state index in [0.717, 1.165) is 4.47 Å². The minimum Gasteiger partial charge on any atom is -0.443 e. The van der Waals surface area contributed by atoms with Crippen LogP contribution in [0.1, 0.15) is 66.9 Å². The SMILES string of the molecule is CCC(C)(N=C(N(COCCOC)C(=O)OC(C)(C)C)C(C)(C)C[C@@H](O)I)c1cc(Br)ccc1F. The van der Waals surface area contributed by atoms with Crippen LogP contribution in [0.25, 0.3) is 0 Å². The summed E-state index contributed by atoms with van der Waals surface area (Å²) in [6.45, 7) is 13.3. The molecule has 35 heavy (non-hydrogen) atoms. The fourth-order valence-corrected chi connectivity index (χ4v) is 4.84. The van der Waals surface area contributed by atoms with E-state index in [4.69, 9.17) is 19.2 Å². The number of amides is 1. The number of rotatable bonds is 11. The molecule has 1 aromatic rings. The van der Waals surface area contributed by atoms with Gasteiger partial charge in [-0.05, 0) is 58.7 Å². The third-order valence-electron chi connectivity index (χ3n) is 5.36. The predicted molar refractivity (Wildman–Crippen MR) is 148 cm³/mol. The average Bonchev–Trinajstić information content (AvgIpc) is 2.71. The van der Waals surface area contributed by atoms with Crippen molar-refractivity contribution in [2.24, 2.45) is 10.4 Å². The summed E-state index contributed by atoms with van der Waals surface area (Å²) in [5.74, 6) is -0.0591. The van der Waals surface area contributed by atoms with E-state index in [9.17, 15) is 9.90 Å². The van der Waals surface area contributed by atoms with Crippen molar-refractivity contribution in [1.82, 2.24) is 4.90 Å². The molecule has 7 nitrogen and oxygen atoms in total. The molecule has 0 aliphatic rings. The van der Waals surface area contributed by atoms with Crippen LogP contribution in [0.5, 0.6) is 0 Å². The molecule has 2 atom stereocenters. The molecule has 10 heteroatoms. The number of aliphatic imine (C=N–C) groups is 1. The van der Waals surface area contributed by atoms with E-state index in [1.54, 1.807) is 40.0 Å². The average molecular weight is 673 g/mol. The van der Waals surface area contributed by atoms with Crippen molar-refractivity contribution in [2.45, 2.75) is 76.6 Å². The van der Waals surface area contributed by atoms with Gasteiger partial charge in [0.25, 0.3) is 0 Å². The number of carbonyl (C=O) groups excluding carboxylic acids is 1. The maximum Gasteiger partial charge on any atom is 0.417 e. The molecule has 0 spiro atoms. The van der Waals surface area contributed by atoms with Crippen LogP contribution in [0.3, 0.4) is 0 Å². The Labute approximate surface area is 231 Å². The van der Waals surface area contributed by atoms with Crippen LogP contribution in [0, 0.1) is 11.2 Å². The first kappa shape index (κ1) is 32.2. The summed E-state index contributed by atoms with van der Waals surface area (Å²) < 4.78 is 31.5. The van der Waals surface area contributed by atoms with Gasteiger partial charge in [-0.15, -0.1) is 0 Å². The number of hydrogen-bond donors (Lipinski definition) is 1. The molecule has 0 aliphatic carbocycles. The highest BCUT2D eigenvalue weighted by atomic mass is 127. The van der Waals surface area contributed by atoms with Gasteiger partial charge in [-0.2, -0.15) is 0 Å². The molecule has 1 rings (SSSR count). The van der Waals surface area contributed by atoms with E-state index in [-0.39, 0.29) is 13.3 Å². The topological polar surface area (TPSA) is 80.6 Å². The van der Waals surface area contributed by atoms with Crippen LogP contribution in [-0.4, -0.2) is 58.7 Å². The second kappa shape index (κ2) is 13.6. The van der Waals surface area contributed by atoms with Gasteiger partial charge in [-0.3, -0.25) is 4.99 Å². The van der Waals surface area contributed by atoms with E-state index in [0.29, 0.717) is 30.8 Å². The number of carbonyl (C=O) groups is 1. The van der Waals surface area contributed by atoms with Crippen LogP contribution in [0.4, 0.5) is 9.18 Å². The fraction of sp³-hybridized carbons (Fsp3) is 0.680. The van der Waals surface area contributed by atoms with Crippen LogP contribution in [0.15, 0.2) is 27.7 Å². The van der Waals surface area contributed by atoms with Crippen molar-refractivity contribution in [1.29, 1.82) is 0 Å². The molecule has 1 N–H and O–H groups in total. The summed E-state index contributed by atoms with van der Waals surface area (Å²) in [6, 6.07) is 4.72. The summed E-state index contributed by atoms with van der Waals surface area (Å²) in [5.41, 5.74) is -2.17. The van der Waals surface area contributed by atoms with E-state index in [1.165, 1.54) is 11.0 Å². The maximum atomic E-state index is 15.0. The number of aliphatic hydroxyl groups excluding tert-OH is 1. The van der Waals surface area contributed by atoms with Crippen LogP contribution in [-0.2, 0) is 19.7 Å². The molecular formula is C25H39BrFIN2O5. The molecule has 1 aromatic carbocycles. The number of alkyl halides is 1. The van der Waals surface area contributed by atoms with Gasteiger partial charge in [-0.25, -0.2) is 14.1 Å². The van der Waals surface area contributed by atoms with Crippen molar-refractivity contribution < 1.29 is 28.5 Å². The lowest BCUT2D eigenvalue weighted by atomic mass is 9.84. The second-order valence-corrected chi connectivity index (χ2v) is 12.5. The number of amidine groups is 1. The third-order valence-corrected chi connectivity index (χ3v) is 6.29. The molecule has 0 aromatic heterocycles. The maximum absolute atomic E-state index is 15.0. The summed E-state index contributed by atoms with van der Waals surface area (Å²) >= 11 is 5.35. The molecule has 0 saturated carbocycles. The van der Waals surface area contributed by atoms with Gasteiger partial charge in [0.1, 0.15) is 28.1 Å². The number of nitrogens with zero attached hydrogens (tertiary/aromatic N) is 2. The highest BCUT2D eigenvalue weighted by Crippen LogP contribution is 2.37. The number of hydrogen-bond acceptors (Lipinski definition) is 6. The Morgan fingerprint density at radius 2 is 1.86 bits per heavy atom. The van der Waals surface area contributed by atoms with Crippen molar-refractivity contribution in [3.05, 3.63) is 34.1 Å². The molecule has 0 saturated heterocycles. The van der Waals surface area contributed by atoms with E-state index < -0.39 is 32.6 Å². The van der Waals surface area contributed by atoms with Gasteiger partial charge in [0, 0.05) is 22.6 Å². The van der Waals surface area contributed by atoms with Gasteiger partial charge in [-0.1, -0.05) is 59.3 Å². The van der Waals surface area contributed by atoms with Gasteiger partial charge >= 0.3 is 6.09 Å². The Balaban J connectivity index is 3.75. The summed E-state index contributed by atoms with van der Waals surface area (Å²) in [6.07, 6.45) is 0.113. The zero-order chi connectivity index (χ0) is 27.0. The van der Waals surface area contributed by atoms with Gasteiger partial charge < -0.3 is 19.3 Å². The molecule has 0 fully saturated rings. The molecule has 0 heterocycles. The predicted octanol–water partition coefficient (Wildman–Crippen LogP) is 6.64. The largest absolute Gasteiger partial charge is 0.443 e. The Kier molecular flexibility index (Phi) is 12.6. The Morgan fingerprint density at radius 3 is 2.37 bits per heavy atom. The van der Waals surface area contributed by atoms with E-state index in [2.05, 4.69) is 15.9 Å². The molecule has 1 amide bonds. The molecule has 0 radical (unpaired) electrons. The molecule has 200 valence electrons. The molecular weight excluding hydrogens is 634 g/mol. The third kappa shape index (κ3) is 10.2. The zero-order valence-electron chi connectivity index (χ0n) is 22.0. The first-order valence-corrected chi connectivity index (χ1v) is 13.6. The smallest absolute Gasteiger partial charge is 0.417 e. The Hall–Kier alpha value is -0.820. The minimum absolute atomic E-state index is 0.140. The minimum atomic E-state index is -1.01. The summed E-state index contributed by atoms with van der Waals surface area (Å²) in [7, 11) is 1.56.